The van der Waals surface area contributed by atoms with Crippen LogP contribution in [0.4, 0.5) is 0 Å². The van der Waals surface area contributed by atoms with E-state index in [2.05, 4.69) is 47.2 Å². The van der Waals surface area contributed by atoms with Gasteiger partial charge in [0.15, 0.2) is 0 Å². The summed E-state index contributed by atoms with van der Waals surface area (Å²) in [7, 11) is 2.26. The van der Waals surface area contributed by atoms with Crippen LogP contribution in [-0.4, -0.2) is 52.3 Å². The van der Waals surface area contributed by atoms with E-state index >= 15 is 0 Å². The average Bonchev–Trinajstić information content (AvgIpc) is 3.52. The van der Waals surface area contributed by atoms with Crippen molar-refractivity contribution < 1.29 is 9.84 Å². The maximum absolute atomic E-state index is 11.1. The molecule has 5 rings (SSSR count). The normalized spacial score (nSPS) is 29.4. The van der Waals surface area contributed by atoms with Crippen molar-refractivity contribution in [2.75, 3.05) is 20.1 Å². The molecule has 0 amide bonds. The molecule has 0 radical (unpaired) electrons. The van der Waals surface area contributed by atoms with Crippen LogP contribution < -0.4 is 0 Å². The predicted octanol–water partition coefficient (Wildman–Crippen LogP) is 4.36. The summed E-state index contributed by atoms with van der Waals surface area (Å²) >= 11 is 0. The molecular weight excluding hydrogens is 372 g/mol. The van der Waals surface area contributed by atoms with Gasteiger partial charge in [0.1, 0.15) is 6.23 Å². The van der Waals surface area contributed by atoms with E-state index in [1.807, 2.05) is 30.3 Å². The van der Waals surface area contributed by atoms with Crippen LogP contribution in [-0.2, 0) is 11.3 Å². The fourth-order valence-electron chi connectivity index (χ4n) is 5.56. The molecule has 160 valence electrons. The van der Waals surface area contributed by atoms with Gasteiger partial charge < -0.3 is 9.84 Å². The molecule has 0 bridgehead atoms. The zero-order valence-corrected chi connectivity index (χ0v) is 18.0. The van der Waals surface area contributed by atoms with Crippen molar-refractivity contribution in [3.05, 3.63) is 71.8 Å². The van der Waals surface area contributed by atoms with E-state index in [1.165, 1.54) is 5.56 Å². The van der Waals surface area contributed by atoms with E-state index in [4.69, 9.17) is 4.74 Å². The van der Waals surface area contributed by atoms with Gasteiger partial charge in [-0.15, -0.1) is 0 Å². The minimum atomic E-state index is -0.539. The lowest BCUT2D eigenvalue weighted by molar-refractivity contribution is -0.212. The molecule has 2 aliphatic carbocycles. The van der Waals surface area contributed by atoms with Gasteiger partial charge in [0.2, 0.25) is 0 Å². The van der Waals surface area contributed by atoms with Gasteiger partial charge >= 0.3 is 0 Å². The number of morpholine rings is 1. The van der Waals surface area contributed by atoms with E-state index in [-0.39, 0.29) is 11.2 Å². The van der Waals surface area contributed by atoms with Crippen LogP contribution in [0.15, 0.2) is 60.7 Å². The van der Waals surface area contributed by atoms with Crippen LogP contribution in [0.2, 0.25) is 0 Å². The molecule has 4 nitrogen and oxygen atoms in total. The lowest BCUT2D eigenvalue weighted by Gasteiger charge is -2.51. The molecule has 3 aliphatic rings. The van der Waals surface area contributed by atoms with Crippen molar-refractivity contribution in [1.82, 2.24) is 9.80 Å². The molecule has 2 aromatic rings. The number of benzene rings is 2. The molecule has 1 heterocycles. The Morgan fingerprint density at radius 2 is 1.50 bits per heavy atom. The Kier molecular flexibility index (Phi) is 5.44. The minimum Gasteiger partial charge on any atom is -0.374 e. The summed E-state index contributed by atoms with van der Waals surface area (Å²) in [6, 6.07) is 21.4. The second-order valence-corrected chi connectivity index (χ2v) is 9.79. The molecule has 30 heavy (non-hydrogen) atoms. The predicted molar refractivity (Wildman–Crippen MR) is 119 cm³/mol. The lowest BCUT2D eigenvalue weighted by Crippen LogP contribution is -2.59. The van der Waals surface area contributed by atoms with Crippen LogP contribution in [0, 0.1) is 0 Å². The number of aliphatic hydroxyl groups excluding tert-OH is 1. The fraction of sp³-hybridized carbons (Fsp3) is 0.538. The Hall–Kier alpha value is -1.72. The molecule has 1 saturated heterocycles. The highest BCUT2D eigenvalue weighted by Crippen LogP contribution is 2.51. The van der Waals surface area contributed by atoms with Crippen LogP contribution >= 0.6 is 0 Å². The average molecular weight is 407 g/mol. The summed E-state index contributed by atoms with van der Waals surface area (Å²) in [6.45, 7) is 2.68. The van der Waals surface area contributed by atoms with E-state index in [9.17, 15) is 5.11 Å². The first kappa shape index (κ1) is 20.2. The third-order valence-electron chi connectivity index (χ3n) is 7.43. The molecule has 1 atom stereocenters. The van der Waals surface area contributed by atoms with Crippen LogP contribution in [0.1, 0.15) is 55.9 Å². The lowest BCUT2D eigenvalue weighted by atomic mass is 9.79. The van der Waals surface area contributed by atoms with Gasteiger partial charge in [0.05, 0.1) is 11.2 Å². The van der Waals surface area contributed by atoms with Gasteiger partial charge in [-0.1, -0.05) is 60.7 Å². The second-order valence-electron chi connectivity index (χ2n) is 9.79. The SMILES string of the molecule is CN(Cc1ccccc1)[C@H]1CC[C@]2(CC1)CN(C(O)c1ccccc1)CC1(CC1)O2. The van der Waals surface area contributed by atoms with Crippen molar-refractivity contribution in [3.8, 4) is 0 Å². The third-order valence-corrected chi connectivity index (χ3v) is 7.43. The Bertz CT molecular complexity index is 829. The Morgan fingerprint density at radius 1 is 0.933 bits per heavy atom. The van der Waals surface area contributed by atoms with E-state index in [0.29, 0.717) is 6.04 Å². The minimum absolute atomic E-state index is 0.0171. The number of nitrogens with zero attached hydrogens (tertiary/aromatic N) is 2. The molecule has 0 aromatic heterocycles. The molecular formula is C26H34N2O2. The van der Waals surface area contributed by atoms with Crippen LogP contribution in [0.3, 0.4) is 0 Å². The number of rotatable bonds is 5. The monoisotopic (exact) mass is 406 g/mol. The van der Waals surface area contributed by atoms with Crippen molar-refractivity contribution >= 4 is 0 Å². The summed E-state index contributed by atoms with van der Waals surface area (Å²) in [5, 5.41) is 11.1. The molecule has 4 heteroatoms. The van der Waals surface area contributed by atoms with Gasteiger partial charge in [-0.25, -0.2) is 0 Å². The molecule has 1 aliphatic heterocycles. The molecule has 2 aromatic carbocycles. The fourth-order valence-corrected chi connectivity index (χ4v) is 5.56. The highest BCUT2D eigenvalue weighted by Gasteiger charge is 2.56. The number of hydrogen-bond acceptors (Lipinski definition) is 4. The van der Waals surface area contributed by atoms with E-state index in [0.717, 1.165) is 63.7 Å². The summed E-state index contributed by atoms with van der Waals surface area (Å²) < 4.78 is 6.80. The van der Waals surface area contributed by atoms with Crippen molar-refractivity contribution in [3.63, 3.8) is 0 Å². The zero-order chi connectivity index (χ0) is 20.6. The van der Waals surface area contributed by atoms with Crippen LogP contribution in [0.5, 0.6) is 0 Å². The number of aliphatic hydroxyl groups is 1. The first-order chi connectivity index (χ1) is 14.6. The quantitative estimate of drug-likeness (QED) is 0.801. The second kappa shape index (κ2) is 8.08. The summed E-state index contributed by atoms with van der Waals surface area (Å²) in [6.07, 6.45) is 6.20. The van der Waals surface area contributed by atoms with Crippen molar-refractivity contribution in [1.29, 1.82) is 0 Å². The van der Waals surface area contributed by atoms with Crippen LogP contribution in [0.25, 0.3) is 0 Å². The molecule has 1 unspecified atom stereocenters. The first-order valence-electron chi connectivity index (χ1n) is 11.5. The largest absolute Gasteiger partial charge is 0.374 e. The van der Waals surface area contributed by atoms with Crippen molar-refractivity contribution in [2.24, 2.45) is 0 Å². The Labute approximate surface area is 180 Å². The Balaban J connectivity index is 1.25. The topological polar surface area (TPSA) is 35.9 Å². The summed E-state index contributed by atoms with van der Waals surface area (Å²) in [4.78, 5) is 4.79. The number of hydrogen-bond donors (Lipinski definition) is 1. The molecule has 2 saturated carbocycles. The maximum Gasteiger partial charge on any atom is 0.133 e. The van der Waals surface area contributed by atoms with Crippen molar-refractivity contribution in [2.45, 2.75) is 68.5 Å². The highest BCUT2D eigenvalue weighted by atomic mass is 16.5. The standard InChI is InChI=1S/C26H34N2O2/c1-27(18-21-8-4-2-5-9-21)23-12-14-25(15-13-23)19-28(20-26(30-25)16-17-26)24(29)22-10-6-3-7-11-22/h2-11,23-24,29H,12-20H2,1H3/t23-,24?,25-. The molecule has 3 fully saturated rings. The third kappa shape index (κ3) is 4.19. The van der Waals surface area contributed by atoms with E-state index in [1.54, 1.807) is 0 Å². The van der Waals surface area contributed by atoms with Gasteiger partial charge in [0.25, 0.3) is 0 Å². The summed E-state index contributed by atoms with van der Waals surface area (Å²) in [5.74, 6) is 0. The van der Waals surface area contributed by atoms with Gasteiger partial charge in [0, 0.05) is 25.7 Å². The first-order valence-corrected chi connectivity index (χ1v) is 11.5. The Morgan fingerprint density at radius 3 is 2.10 bits per heavy atom. The maximum atomic E-state index is 11.1. The summed E-state index contributed by atoms with van der Waals surface area (Å²) in [5.41, 5.74) is 2.25. The van der Waals surface area contributed by atoms with Gasteiger partial charge in [-0.3, -0.25) is 9.80 Å². The smallest absolute Gasteiger partial charge is 0.133 e. The van der Waals surface area contributed by atoms with E-state index < -0.39 is 6.23 Å². The number of ether oxygens (including phenoxy) is 1. The van der Waals surface area contributed by atoms with Gasteiger partial charge in [-0.05, 0) is 56.7 Å². The van der Waals surface area contributed by atoms with Gasteiger partial charge in [-0.2, -0.15) is 0 Å². The zero-order valence-electron chi connectivity index (χ0n) is 18.0. The molecule has 2 spiro atoms. The highest BCUT2D eigenvalue weighted by molar-refractivity contribution is 5.19. The molecule has 1 N–H and O–H groups in total.